The maximum Gasteiger partial charge on any atom is 0.216 e. The fourth-order valence-electron chi connectivity index (χ4n) is 1.91. The minimum Gasteiger partial charge on any atom is -0.212 e. The van der Waals surface area contributed by atoms with Gasteiger partial charge in [0.25, 0.3) is 0 Å². The molecule has 0 saturated carbocycles. The second-order valence-electron chi connectivity index (χ2n) is 4.36. The molecule has 0 aromatic heterocycles. The number of nitrogens with zero attached hydrogens (tertiary/aromatic N) is 1. The van der Waals surface area contributed by atoms with Gasteiger partial charge in [0.15, 0.2) is 0 Å². The van der Waals surface area contributed by atoms with Crippen molar-refractivity contribution >= 4 is 26.0 Å². The van der Waals surface area contributed by atoms with Crippen molar-refractivity contribution in [2.24, 2.45) is 0 Å². The van der Waals surface area contributed by atoms with Gasteiger partial charge in [-0.25, -0.2) is 8.42 Å². The van der Waals surface area contributed by atoms with Crippen LogP contribution in [0.1, 0.15) is 39.5 Å². The van der Waals surface area contributed by atoms with Gasteiger partial charge in [-0.2, -0.15) is 4.31 Å². The summed E-state index contributed by atoms with van der Waals surface area (Å²) in [5, 5.41) is 0.441. The molecule has 3 nitrogen and oxygen atoms in total. The van der Waals surface area contributed by atoms with Crippen LogP contribution in [0.15, 0.2) is 0 Å². The smallest absolute Gasteiger partial charge is 0.212 e. The van der Waals surface area contributed by atoms with Crippen molar-refractivity contribution in [3.05, 3.63) is 0 Å². The van der Waals surface area contributed by atoms with Gasteiger partial charge >= 0.3 is 0 Å². The van der Waals surface area contributed by atoms with Crippen LogP contribution >= 0.6 is 15.9 Å². The van der Waals surface area contributed by atoms with Gasteiger partial charge in [-0.15, -0.1) is 0 Å². The molecule has 90 valence electrons. The predicted molar refractivity (Wildman–Crippen MR) is 66.8 cm³/mol. The van der Waals surface area contributed by atoms with Crippen molar-refractivity contribution in [2.45, 2.75) is 50.8 Å². The molecule has 0 spiro atoms. The van der Waals surface area contributed by atoms with E-state index in [2.05, 4.69) is 15.9 Å². The van der Waals surface area contributed by atoms with E-state index in [-0.39, 0.29) is 11.3 Å². The summed E-state index contributed by atoms with van der Waals surface area (Å²) < 4.78 is 25.9. The lowest BCUT2D eigenvalue weighted by atomic mass is 10.1. The SMILES string of the molecule is CC(C)S(=O)(=O)N1CCCCCC1CBr. The summed E-state index contributed by atoms with van der Waals surface area (Å²) in [4.78, 5) is 0. The highest BCUT2D eigenvalue weighted by atomic mass is 79.9. The molecule has 0 radical (unpaired) electrons. The molecule has 0 aromatic rings. The lowest BCUT2D eigenvalue weighted by Crippen LogP contribution is -2.44. The van der Waals surface area contributed by atoms with Crippen LogP contribution in [0, 0.1) is 0 Å². The molecule has 1 aliphatic heterocycles. The number of hydrogen-bond donors (Lipinski definition) is 0. The van der Waals surface area contributed by atoms with Gasteiger partial charge in [-0.3, -0.25) is 0 Å². The van der Waals surface area contributed by atoms with E-state index in [0.29, 0.717) is 6.54 Å². The van der Waals surface area contributed by atoms with E-state index < -0.39 is 10.0 Å². The van der Waals surface area contributed by atoms with E-state index in [1.807, 2.05) is 0 Å². The highest BCUT2D eigenvalue weighted by Gasteiger charge is 2.32. The Kier molecular flexibility index (Phi) is 5.06. The molecule has 0 bridgehead atoms. The normalized spacial score (nSPS) is 25.5. The first-order chi connectivity index (χ1) is 7.00. The molecular weight excluding hydrogens is 278 g/mol. The third-order valence-electron chi connectivity index (χ3n) is 2.92. The molecule has 1 saturated heterocycles. The molecule has 1 unspecified atom stereocenters. The van der Waals surface area contributed by atoms with Crippen LogP contribution in [-0.2, 0) is 10.0 Å². The minimum absolute atomic E-state index is 0.153. The lowest BCUT2D eigenvalue weighted by molar-refractivity contribution is 0.344. The first-order valence-electron chi connectivity index (χ1n) is 5.56. The van der Waals surface area contributed by atoms with Gasteiger partial charge in [0.05, 0.1) is 5.25 Å². The number of sulfonamides is 1. The zero-order valence-electron chi connectivity index (χ0n) is 9.45. The van der Waals surface area contributed by atoms with E-state index in [1.165, 1.54) is 0 Å². The largest absolute Gasteiger partial charge is 0.216 e. The second kappa shape index (κ2) is 5.64. The van der Waals surface area contributed by atoms with Crippen molar-refractivity contribution in [1.82, 2.24) is 4.31 Å². The van der Waals surface area contributed by atoms with Crippen LogP contribution < -0.4 is 0 Å². The summed E-state index contributed by atoms with van der Waals surface area (Å²) in [6.45, 7) is 4.20. The van der Waals surface area contributed by atoms with Crippen LogP contribution in [0.2, 0.25) is 0 Å². The summed E-state index contributed by atoms with van der Waals surface area (Å²) in [5.41, 5.74) is 0. The highest BCUT2D eigenvalue weighted by Crippen LogP contribution is 2.23. The summed E-state index contributed by atoms with van der Waals surface area (Å²) in [7, 11) is -3.08. The summed E-state index contributed by atoms with van der Waals surface area (Å²) >= 11 is 3.42. The van der Waals surface area contributed by atoms with Gasteiger partial charge in [-0.05, 0) is 26.7 Å². The van der Waals surface area contributed by atoms with E-state index in [0.717, 1.165) is 31.0 Å². The summed E-state index contributed by atoms with van der Waals surface area (Å²) in [5.74, 6) is 0. The molecular formula is C10H20BrNO2S. The molecule has 1 aliphatic rings. The van der Waals surface area contributed by atoms with Crippen molar-refractivity contribution < 1.29 is 8.42 Å². The highest BCUT2D eigenvalue weighted by molar-refractivity contribution is 9.09. The van der Waals surface area contributed by atoms with Crippen LogP contribution in [0.4, 0.5) is 0 Å². The molecule has 0 amide bonds. The molecule has 1 atom stereocenters. The summed E-state index contributed by atoms with van der Waals surface area (Å²) in [6, 6.07) is 0.153. The third kappa shape index (κ3) is 3.17. The Hall–Kier alpha value is 0.390. The fourth-order valence-corrected chi connectivity index (χ4v) is 4.30. The number of rotatable bonds is 3. The monoisotopic (exact) mass is 297 g/mol. The average molecular weight is 298 g/mol. The van der Waals surface area contributed by atoms with Gasteiger partial charge < -0.3 is 0 Å². The van der Waals surface area contributed by atoms with Crippen molar-refractivity contribution in [1.29, 1.82) is 0 Å². The standard InChI is InChI=1S/C10H20BrNO2S/c1-9(2)15(13,14)12-7-5-3-4-6-10(12)8-11/h9-10H,3-8H2,1-2H3. The van der Waals surface area contributed by atoms with Crippen LogP contribution in [0.5, 0.6) is 0 Å². The van der Waals surface area contributed by atoms with Crippen LogP contribution in [0.3, 0.4) is 0 Å². The van der Waals surface area contributed by atoms with E-state index in [4.69, 9.17) is 0 Å². The zero-order chi connectivity index (χ0) is 11.5. The Bertz CT molecular complexity index is 290. The van der Waals surface area contributed by atoms with Crippen molar-refractivity contribution in [3.8, 4) is 0 Å². The zero-order valence-corrected chi connectivity index (χ0v) is 11.8. The van der Waals surface area contributed by atoms with Crippen molar-refractivity contribution in [2.75, 3.05) is 11.9 Å². The molecule has 15 heavy (non-hydrogen) atoms. The Balaban J connectivity index is 2.88. The predicted octanol–water partition coefficient (Wildman–Crippen LogP) is 2.36. The van der Waals surface area contributed by atoms with E-state index >= 15 is 0 Å². The average Bonchev–Trinajstić information content (AvgIpc) is 2.41. The Morgan fingerprint density at radius 3 is 2.53 bits per heavy atom. The van der Waals surface area contributed by atoms with Crippen LogP contribution in [-0.4, -0.2) is 35.9 Å². The van der Waals surface area contributed by atoms with Gasteiger partial charge in [0.1, 0.15) is 0 Å². The van der Waals surface area contributed by atoms with Crippen LogP contribution in [0.25, 0.3) is 0 Å². The number of halogens is 1. The second-order valence-corrected chi connectivity index (χ2v) is 7.45. The Morgan fingerprint density at radius 1 is 1.33 bits per heavy atom. The topological polar surface area (TPSA) is 37.4 Å². The molecule has 5 heteroatoms. The molecule has 1 rings (SSSR count). The Labute approximate surface area is 101 Å². The molecule has 0 aromatic carbocycles. The third-order valence-corrected chi connectivity index (χ3v) is 6.00. The van der Waals surface area contributed by atoms with E-state index in [9.17, 15) is 8.42 Å². The molecule has 0 aliphatic carbocycles. The molecule has 0 N–H and O–H groups in total. The Morgan fingerprint density at radius 2 is 2.00 bits per heavy atom. The quantitative estimate of drug-likeness (QED) is 0.750. The maximum atomic E-state index is 12.1. The first kappa shape index (κ1) is 13.5. The lowest BCUT2D eigenvalue weighted by Gasteiger charge is -2.29. The molecule has 1 fully saturated rings. The summed E-state index contributed by atoms with van der Waals surface area (Å²) in [6.07, 6.45) is 4.26. The van der Waals surface area contributed by atoms with Gasteiger partial charge in [-0.1, -0.05) is 28.8 Å². The van der Waals surface area contributed by atoms with Crippen molar-refractivity contribution in [3.63, 3.8) is 0 Å². The van der Waals surface area contributed by atoms with Gasteiger partial charge in [0.2, 0.25) is 10.0 Å². The maximum absolute atomic E-state index is 12.1. The minimum atomic E-state index is -3.08. The van der Waals surface area contributed by atoms with E-state index in [1.54, 1.807) is 18.2 Å². The number of alkyl halides is 1. The fraction of sp³-hybridized carbons (Fsp3) is 1.00. The molecule has 1 heterocycles. The van der Waals surface area contributed by atoms with Gasteiger partial charge in [0, 0.05) is 17.9 Å². The number of hydrogen-bond acceptors (Lipinski definition) is 2. The first-order valence-corrected chi connectivity index (χ1v) is 8.19.